The predicted molar refractivity (Wildman–Crippen MR) is 154 cm³/mol. The summed E-state index contributed by atoms with van der Waals surface area (Å²) in [6, 6.07) is 40.1. The number of carbonyl (C=O) groups excluding carboxylic acids is 2. The second kappa shape index (κ2) is 12.9. The van der Waals surface area contributed by atoms with E-state index in [1.807, 2.05) is 60.7 Å². The van der Waals surface area contributed by atoms with Crippen molar-refractivity contribution in [3.63, 3.8) is 0 Å². The van der Waals surface area contributed by atoms with Crippen LogP contribution in [-0.4, -0.2) is 11.9 Å². The van der Waals surface area contributed by atoms with Crippen LogP contribution >= 0.6 is 0 Å². The van der Waals surface area contributed by atoms with Crippen LogP contribution in [0.4, 0.5) is 5.69 Å². The third-order valence-corrected chi connectivity index (χ3v) is 6.00. The van der Waals surface area contributed by atoms with Gasteiger partial charge < -0.3 is 19.5 Å². The fourth-order valence-corrected chi connectivity index (χ4v) is 3.88. The van der Waals surface area contributed by atoms with Crippen LogP contribution in [0.1, 0.15) is 31.8 Å². The Kier molecular flexibility index (Phi) is 8.49. The highest BCUT2D eigenvalue weighted by molar-refractivity contribution is 6.04. The Hall–Kier alpha value is -5.36. The third-order valence-electron chi connectivity index (χ3n) is 6.00. The molecule has 1 N–H and O–H groups in total. The molecule has 0 fully saturated rings. The Morgan fingerprint density at radius 2 is 1.12 bits per heavy atom. The van der Waals surface area contributed by atoms with Crippen LogP contribution in [0.2, 0.25) is 0 Å². The zero-order chi connectivity index (χ0) is 27.6. The van der Waals surface area contributed by atoms with Gasteiger partial charge in [-0.25, -0.2) is 4.79 Å². The number of rotatable bonds is 10. The van der Waals surface area contributed by atoms with Gasteiger partial charge in [-0.2, -0.15) is 0 Å². The minimum Gasteiger partial charge on any atom is -0.489 e. The molecule has 0 aliphatic heterocycles. The van der Waals surface area contributed by atoms with Crippen molar-refractivity contribution in [2.75, 3.05) is 5.32 Å². The lowest BCUT2D eigenvalue weighted by atomic mass is 10.2. The van der Waals surface area contributed by atoms with E-state index in [-0.39, 0.29) is 5.91 Å². The van der Waals surface area contributed by atoms with E-state index in [9.17, 15) is 9.59 Å². The molecule has 5 aromatic rings. The van der Waals surface area contributed by atoms with Crippen LogP contribution in [0, 0.1) is 0 Å². The SMILES string of the molecule is O=C(Nc1ccc(OC(=O)c2ccccc2)cc1)c1ccc(OCc2cccc(OCc3ccccc3)c2)cc1. The molecular weight excluding hydrogens is 502 g/mol. The maximum absolute atomic E-state index is 12.7. The van der Waals surface area contributed by atoms with E-state index in [4.69, 9.17) is 14.2 Å². The molecule has 0 saturated carbocycles. The van der Waals surface area contributed by atoms with Gasteiger partial charge in [0, 0.05) is 11.3 Å². The average molecular weight is 530 g/mol. The van der Waals surface area contributed by atoms with E-state index in [1.165, 1.54) is 0 Å². The fraction of sp³-hybridized carbons (Fsp3) is 0.0588. The van der Waals surface area contributed by atoms with E-state index in [0.717, 1.165) is 16.9 Å². The Morgan fingerprint density at radius 3 is 1.85 bits per heavy atom. The first-order valence-corrected chi connectivity index (χ1v) is 12.8. The van der Waals surface area contributed by atoms with Crippen molar-refractivity contribution < 1.29 is 23.8 Å². The number of amides is 1. The number of hydrogen-bond donors (Lipinski definition) is 1. The molecule has 0 radical (unpaired) electrons. The molecule has 40 heavy (non-hydrogen) atoms. The largest absolute Gasteiger partial charge is 0.489 e. The van der Waals surface area contributed by atoms with Gasteiger partial charge in [0.25, 0.3) is 5.91 Å². The highest BCUT2D eigenvalue weighted by atomic mass is 16.5. The Bertz CT molecular complexity index is 1550. The molecule has 0 unspecified atom stereocenters. The zero-order valence-corrected chi connectivity index (χ0v) is 21.7. The Labute approximate surface area is 232 Å². The molecule has 0 bridgehead atoms. The van der Waals surface area contributed by atoms with Crippen LogP contribution < -0.4 is 19.5 Å². The summed E-state index contributed by atoms with van der Waals surface area (Å²) in [6.45, 7) is 0.871. The first kappa shape index (κ1) is 26.3. The number of carbonyl (C=O) groups is 2. The van der Waals surface area contributed by atoms with Crippen molar-refractivity contribution in [3.8, 4) is 17.2 Å². The van der Waals surface area contributed by atoms with Crippen molar-refractivity contribution in [1.29, 1.82) is 0 Å². The van der Waals surface area contributed by atoms with Gasteiger partial charge >= 0.3 is 5.97 Å². The normalized spacial score (nSPS) is 10.4. The summed E-state index contributed by atoms with van der Waals surface area (Å²) in [4.78, 5) is 24.9. The van der Waals surface area contributed by atoms with Crippen LogP contribution in [0.3, 0.4) is 0 Å². The second-order valence-electron chi connectivity index (χ2n) is 8.97. The second-order valence-corrected chi connectivity index (χ2v) is 8.97. The monoisotopic (exact) mass is 529 g/mol. The lowest BCUT2D eigenvalue weighted by Crippen LogP contribution is -2.12. The molecule has 6 nitrogen and oxygen atoms in total. The first-order chi connectivity index (χ1) is 19.6. The van der Waals surface area contributed by atoms with Gasteiger partial charge in [0.15, 0.2) is 0 Å². The summed E-state index contributed by atoms with van der Waals surface area (Å²) in [7, 11) is 0. The zero-order valence-electron chi connectivity index (χ0n) is 21.7. The van der Waals surface area contributed by atoms with Crippen molar-refractivity contribution in [1.82, 2.24) is 0 Å². The van der Waals surface area contributed by atoms with Gasteiger partial charge in [0.1, 0.15) is 30.5 Å². The summed E-state index contributed by atoms with van der Waals surface area (Å²) < 4.78 is 17.2. The third kappa shape index (κ3) is 7.36. The molecule has 0 aliphatic carbocycles. The lowest BCUT2D eigenvalue weighted by molar-refractivity contribution is 0.0734. The number of hydrogen-bond acceptors (Lipinski definition) is 5. The first-order valence-electron chi connectivity index (χ1n) is 12.8. The highest BCUT2D eigenvalue weighted by Crippen LogP contribution is 2.21. The van der Waals surface area contributed by atoms with Crippen molar-refractivity contribution in [2.45, 2.75) is 13.2 Å². The molecule has 0 saturated heterocycles. The molecule has 6 heteroatoms. The van der Waals surface area contributed by atoms with Gasteiger partial charge in [-0.1, -0.05) is 60.7 Å². The van der Waals surface area contributed by atoms with Gasteiger partial charge in [0.05, 0.1) is 5.56 Å². The smallest absolute Gasteiger partial charge is 0.343 e. The molecule has 0 atom stereocenters. The van der Waals surface area contributed by atoms with Crippen LogP contribution in [0.15, 0.2) is 133 Å². The highest BCUT2D eigenvalue weighted by Gasteiger charge is 2.10. The Morgan fingerprint density at radius 1 is 0.525 bits per heavy atom. The summed E-state index contributed by atoms with van der Waals surface area (Å²) in [5.74, 6) is 1.12. The van der Waals surface area contributed by atoms with Crippen LogP contribution in [0.5, 0.6) is 17.2 Å². The number of anilines is 1. The lowest BCUT2D eigenvalue weighted by Gasteiger charge is -2.10. The molecule has 5 rings (SSSR count). The van der Waals surface area contributed by atoms with E-state index in [1.54, 1.807) is 72.8 Å². The summed E-state index contributed by atoms with van der Waals surface area (Å²) in [5.41, 5.74) is 3.62. The van der Waals surface area contributed by atoms with Crippen LogP contribution in [0.25, 0.3) is 0 Å². The van der Waals surface area contributed by atoms with Gasteiger partial charge in [-0.15, -0.1) is 0 Å². The molecule has 198 valence electrons. The van der Waals surface area contributed by atoms with Gasteiger partial charge in [-0.05, 0) is 83.9 Å². The van der Waals surface area contributed by atoms with Crippen molar-refractivity contribution >= 4 is 17.6 Å². The van der Waals surface area contributed by atoms with Crippen LogP contribution in [-0.2, 0) is 13.2 Å². The maximum Gasteiger partial charge on any atom is 0.343 e. The van der Waals surface area contributed by atoms with E-state index < -0.39 is 5.97 Å². The van der Waals surface area contributed by atoms with Crippen molar-refractivity contribution in [2.24, 2.45) is 0 Å². The minimum atomic E-state index is -0.441. The summed E-state index contributed by atoms with van der Waals surface area (Å²) in [5, 5.41) is 2.84. The fourth-order valence-electron chi connectivity index (χ4n) is 3.88. The molecule has 0 spiro atoms. The molecule has 1 amide bonds. The number of esters is 1. The Balaban J connectivity index is 1.10. The van der Waals surface area contributed by atoms with E-state index in [2.05, 4.69) is 5.32 Å². The number of nitrogens with one attached hydrogen (secondary N) is 1. The standard InChI is InChI=1S/C34H27NO5/c36-33(35-29-16-20-31(21-17-29)40-34(37)28-11-5-2-6-12-28)27-14-18-30(19-15-27)38-24-26-10-7-13-32(22-26)39-23-25-8-3-1-4-9-25/h1-22H,23-24H2,(H,35,36). The molecule has 0 aliphatic rings. The van der Waals surface area contributed by atoms with E-state index >= 15 is 0 Å². The van der Waals surface area contributed by atoms with Gasteiger partial charge in [0.2, 0.25) is 0 Å². The van der Waals surface area contributed by atoms with Crippen molar-refractivity contribution in [3.05, 3.63) is 156 Å². The molecule has 0 aromatic heterocycles. The summed E-state index contributed by atoms with van der Waals surface area (Å²) >= 11 is 0. The minimum absolute atomic E-state index is 0.260. The van der Waals surface area contributed by atoms with Gasteiger partial charge in [-0.3, -0.25) is 4.79 Å². The number of ether oxygens (including phenoxy) is 3. The topological polar surface area (TPSA) is 73.9 Å². The average Bonchev–Trinajstić information content (AvgIpc) is 3.01. The number of benzene rings is 5. The van der Waals surface area contributed by atoms with E-state index in [0.29, 0.717) is 41.5 Å². The predicted octanol–water partition coefficient (Wildman–Crippen LogP) is 7.32. The molecule has 0 heterocycles. The quantitative estimate of drug-likeness (QED) is 0.152. The summed E-state index contributed by atoms with van der Waals surface area (Å²) in [6.07, 6.45) is 0. The molecular formula is C34H27NO5. The molecule has 5 aromatic carbocycles. The maximum atomic E-state index is 12.7.